The van der Waals surface area contributed by atoms with Crippen LogP contribution in [-0.4, -0.2) is 31.3 Å². The standard InChI is InChI=1S/C18H16FN5O3/c1-26-13-8-4-12(5-9-13)24-15(10-16-20-22-23-21-16)17(18(24)25)27-14-6-2-11(19)3-7-14/h2-9,15-17H,10H2,1H3/t15-,17+/m1/s1. The lowest BCUT2D eigenvalue weighted by molar-refractivity contribution is -0.135. The topological polar surface area (TPSA) is 88.2 Å². The fourth-order valence-electron chi connectivity index (χ4n) is 3.10. The number of β-lactam (4-membered cyclic amide) rings is 1. The first-order chi connectivity index (χ1) is 13.2. The fraction of sp³-hybridized carbons (Fsp3) is 0.278. The number of anilines is 1. The zero-order valence-corrected chi connectivity index (χ0v) is 14.4. The molecule has 0 aliphatic carbocycles. The molecule has 0 radical (unpaired) electrons. The van der Waals surface area contributed by atoms with Gasteiger partial charge in [0.25, 0.3) is 5.91 Å². The number of rotatable bonds is 6. The van der Waals surface area contributed by atoms with Crippen LogP contribution in [0.1, 0.15) is 6.42 Å². The van der Waals surface area contributed by atoms with Gasteiger partial charge in [-0.3, -0.25) is 4.79 Å². The summed E-state index contributed by atoms with van der Waals surface area (Å²) in [6.45, 7) is 0. The Labute approximate surface area is 154 Å². The third-order valence-corrected chi connectivity index (χ3v) is 4.45. The summed E-state index contributed by atoms with van der Waals surface area (Å²) >= 11 is 0. The summed E-state index contributed by atoms with van der Waals surface area (Å²) in [5, 5.41) is 14.9. The third-order valence-electron chi connectivity index (χ3n) is 4.45. The summed E-state index contributed by atoms with van der Waals surface area (Å²) in [5.41, 5.74) is 0.719. The molecule has 9 heteroatoms. The summed E-state index contributed by atoms with van der Waals surface area (Å²) in [6, 6.07) is 12.4. The van der Waals surface area contributed by atoms with Crippen molar-refractivity contribution in [3.63, 3.8) is 0 Å². The van der Waals surface area contributed by atoms with E-state index in [4.69, 9.17) is 9.47 Å². The molecular formula is C18H16FN5O3. The summed E-state index contributed by atoms with van der Waals surface area (Å²) in [6.07, 6.45) is -0.761. The van der Waals surface area contributed by atoms with Crippen LogP contribution in [0.4, 0.5) is 10.1 Å². The SMILES string of the molecule is COc1ccc(N2C(=O)[C@@H](Oc3ccc(F)cc3)[C@H]2CC2N=NN=N2)cc1. The van der Waals surface area contributed by atoms with Crippen LogP contribution in [0.15, 0.2) is 69.2 Å². The highest BCUT2D eigenvalue weighted by molar-refractivity contribution is 6.05. The van der Waals surface area contributed by atoms with Gasteiger partial charge in [-0.2, -0.15) is 0 Å². The Hall–Kier alpha value is -3.36. The maximum Gasteiger partial charge on any atom is 0.270 e. The molecule has 0 saturated carbocycles. The molecule has 0 spiro atoms. The Kier molecular flexibility index (Phi) is 4.49. The first-order valence-electron chi connectivity index (χ1n) is 8.35. The second kappa shape index (κ2) is 7.10. The molecule has 0 aromatic heterocycles. The van der Waals surface area contributed by atoms with Crippen LogP contribution in [0.25, 0.3) is 0 Å². The molecular weight excluding hydrogens is 353 g/mol. The number of hydrogen-bond donors (Lipinski definition) is 0. The highest BCUT2D eigenvalue weighted by atomic mass is 19.1. The molecule has 27 heavy (non-hydrogen) atoms. The van der Waals surface area contributed by atoms with E-state index in [0.29, 0.717) is 17.9 Å². The van der Waals surface area contributed by atoms with Gasteiger partial charge in [-0.1, -0.05) is 0 Å². The quantitative estimate of drug-likeness (QED) is 0.730. The Balaban J connectivity index is 1.56. The largest absolute Gasteiger partial charge is 0.497 e. The molecule has 1 fully saturated rings. The molecule has 0 unspecified atom stereocenters. The fourth-order valence-corrected chi connectivity index (χ4v) is 3.10. The van der Waals surface area contributed by atoms with Crippen LogP contribution in [0, 0.1) is 5.82 Å². The minimum Gasteiger partial charge on any atom is -0.497 e. The molecule has 4 rings (SSSR count). The molecule has 1 saturated heterocycles. The van der Waals surface area contributed by atoms with E-state index in [9.17, 15) is 9.18 Å². The Morgan fingerprint density at radius 3 is 2.26 bits per heavy atom. The lowest BCUT2D eigenvalue weighted by Crippen LogP contribution is -2.68. The van der Waals surface area contributed by atoms with Crippen molar-refractivity contribution in [1.29, 1.82) is 0 Å². The Morgan fingerprint density at radius 1 is 1.00 bits per heavy atom. The number of halogens is 1. The van der Waals surface area contributed by atoms with Gasteiger partial charge >= 0.3 is 0 Å². The molecule has 0 bridgehead atoms. The molecule has 2 atom stereocenters. The van der Waals surface area contributed by atoms with Gasteiger partial charge in [0.15, 0.2) is 12.3 Å². The van der Waals surface area contributed by atoms with Crippen molar-refractivity contribution in [3.8, 4) is 11.5 Å². The van der Waals surface area contributed by atoms with Gasteiger partial charge in [0.1, 0.15) is 17.3 Å². The molecule has 0 N–H and O–H groups in total. The normalized spacial score (nSPS) is 21.4. The van der Waals surface area contributed by atoms with Gasteiger partial charge in [0.2, 0.25) is 0 Å². The van der Waals surface area contributed by atoms with Crippen molar-refractivity contribution in [2.45, 2.75) is 24.7 Å². The van der Waals surface area contributed by atoms with Crippen molar-refractivity contribution >= 4 is 11.6 Å². The average Bonchev–Trinajstić information content (AvgIpc) is 3.21. The smallest absolute Gasteiger partial charge is 0.270 e. The van der Waals surface area contributed by atoms with Crippen LogP contribution in [0.5, 0.6) is 11.5 Å². The predicted octanol–water partition coefficient (Wildman–Crippen LogP) is 3.55. The summed E-state index contributed by atoms with van der Waals surface area (Å²) in [5.74, 6) is 0.552. The molecule has 2 aromatic carbocycles. The molecule has 138 valence electrons. The average molecular weight is 369 g/mol. The van der Waals surface area contributed by atoms with Gasteiger partial charge in [-0.15, -0.1) is 10.2 Å². The predicted molar refractivity (Wildman–Crippen MR) is 93.2 cm³/mol. The van der Waals surface area contributed by atoms with Crippen molar-refractivity contribution in [1.82, 2.24) is 0 Å². The number of hydrogen-bond acceptors (Lipinski definition) is 7. The van der Waals surface area contributed by atoms with Gasteiger partial charge in [0.05, 0.1) is 13.2 Å². The van der Waals surface area contributed by atoms with E-state index < -0.39 is 12.3 Å². The summed E-state index contributed by atoms with van der Waals surface area (Å²) < 4.78 is 24.1. The van der Waals surface area contributed by atoms with Crippen molar-refractivity contribution in [3.05, 3.63) is 54.3 Å². The first kappa shape index (κ1) is 17.1. The first-order valence-corrected chi connectivity index (χ1v) is 8.35. The minimum absolute atomic E-state index is 0.193. The molecule has 8 nitrogen and oxygen atoms in total. The molecule has 2 aromatic rings. The highest BCUT2D eigenvalue weighted by Gasteiger charge is 2.51. The van der Waals surface area contributed by atoms with Crippen LogP contribution < -0.4 is 14.4 Å². The van der Waals surface area contributed by atoms with Crippen LogP contribution in [-0.2, 0) is 4.79 Å². The number of ether oxygens (including phenoxy) is 2. The van der Waals surface area contributed by atoms with Crippen molar-refractivity contribution < 1.29 is 18.7 Å². The highest BCUT2D eigenvalue weighted by Crippen LogP contribution is 2.35. The zero-order chi connectivity index (χ0) is 18.8. The van der Waals surface area contributed by atoms with Crippen molar-refractivity contribution in [2.24, 2.45) is 20.7 Å². The number of amides is 1. The van der Waals surface area contributed by atoms with E-state index in [1.807, 2.05) is 0 Å². The lowest BCUT2D eigenvalue weighted by Gasteiger charge is -2.46. The van der Waals surface area contributed by atoms with E-state index in [0.717, 1.165) is 5.69 Å². The van der Waals surface area contributed by atoms with Crippen LogP contribution >= 0.6 is 0 Å². The maximum atomic E-state index is 13.1. The number of benzene rings is 2. The van der Waals surface area contributed by atoms with Crippen LogP contribution in [0.2, 0.25) is 0 Å². The maximum absolute atomic E-state index is 13.1. The summed E-state index contributed by atoms with van der Waals surface area (Å²) in [4.78, 5) is 14.4. The lowest BCUT2D eigenvalue weighted by atomic mass is 9.92. The number of carbonyl (C=O) groups excluding carboxylic acids is 1. The molecule has 2 aliphatic rings. The monoisotopic (exact) mass is 369 g/mol. The second-order valence-electron chi connectivity index (χ2n) is 6.09. The Morgan fingerprint density at radius 2 is 1.63 bits per heavy atom. The Bertz CT molecular complexity index is 873. The van der Waals surface area contributed by atoms with E-state index in [1.54, 1.807) is 36.3 Å². The minimum atomic E-state index is -0.719. The van der Waals surface area contributed by atoms with Gasteiger partial charge in [0, 0.05) is 12.1 Å². The molecule has 2 heterocycles. The van der Waals surface area contributed by atoms with Crippen LogP contribution in [0.3, 0.4) is 0 Å². The number of carbonyl (C=O) groups is 1. The second-order valence-corrected chi connectivity index (χ2v) is 6.09. The van der Waals surface area contributed by atoms with Crippen molar-refractivity contribution in [2.75, 3.05) is 12.0 Å². The van der Waals surface area contributed by atoms with Gasteiger partial charge < -0.3 is 14.4 Å². The van der Waals surface area contributed by atoms with E-state index >= 15 is 0 Å². The molecule has 2 aliphatic heterocycles. The van der Waals surface area contributed by atoms with Gasteiger partial charge in [-0.05, 0) is 59.0 Å². The van der Waals surface area contributed by atoms with E-state index in [-0.39, 0.29) is 17.8 Å². The summed E-state index contributed by atoms with van der Waals surface area (Å²) in [7, 11) is 1.58. The zero-order valence-electron chi connectivity index (χ0n) is 14.4. The van der Waals surface area contributed by atoms with Gasteiger partial charge in [-0.25, -0.2) is 4.39 Å². The third kappa shape index (κ3) is 3.35. The van der Waals surface area contributed by atoms with E-state index in [2.05, 4.69) is 20.7 Å². The van der Waals surface area contributed by atoms with E-state index in [1.165, 1.54) is 24.3 Å². The molecule has 1 amide bonds. The number of nitrogens with zero attached hydrogens (tertiary/aromatic N) is 5. The number of methoxy groups -OCH3 is 1.